The molecule has 0 radical (unpaired) electrons. The Morgan fingerprint density at radius 2 is 0.727 bits per heavy atom. The number of hydrogen-bond donors (Lipinski definition) is 0. The van der Waals surface area contributed by atoms with Crippen LogP contribution in [0, 0.1) is 0 Å². The summed E-state index contributed by atoms with van der Waals surface area (Å²) >= 11 is 17.1. The summed E-state index contributed by atoms with van der Waals surface area (Å²) in [6.45, 7) is 4.95. The van der Waals surface area contributed by atoms with E-state index in [4.69, 9.17) is 49.7 Å². The Balaban J connectivity index is 6.69. The summed E-state index contributed by atoms with van der Waals surface area (Å²) in [4.78, 5) is 0. The number of alkyl halides is 14. The van der Waals surface area contributed by atoms with Crippen molar-refractivity contribution in [2.75, 3.05) is 0 Å². The minimum atomic E-state index is -5.95. The van der Waals surface area contributed by atoms with Crippen molar-refractivity contribution < 1.29 is 77.9 Å². The highest BCUT2D eigenvalue weighted by Gasteiger charge is 2.58. The van der Waals surface area contributed by atoms with Gasteiger partial charge in [-0.05, 0) is 56.9 Å². The molecule has 4 nitrogen and oxygen atoms in total. The Kier molecular flexibility index (Phi) is 15.4. The summed E-state index contributed by atoms with van der Waals surface area (Å²) in [6, 6.07) is -4.16. The Morgan fingerprint density at radius 3 is 1.00 bits per heavy atom. The molecule has 0 spiro atoms. The number of hydrogen-bond acceptors (Lipinski definition) is 4. The van der Waals surface area contributed by atoms with Crippen molar-refractivity contribution in [3.63, 3.8) is 0 Å². The van der Waals surface area contributed by atoms with Gasteiger partial charge in [0.25, 0.3) is 0 Å². The molecule has 3 unspecified atom stereocenters. The minimum absolute atomic E-state index is 0.898. The zero-order valence-electron chi connectivity index (χ0n) is 23.7. The third kappa shape index (κ3) is 19.6. The maximum Gasteiger partial charge on any atom is 0.485 e. The summed E-state index contributed by atoms with van der Waals surface area (Å²) in [5, 5.41) is 0. The molecule has 0 aromatic carbocycles. The third-order valence-corrected chi connectivity index (χ3v) is 26.2. The zero-order chi connectivity index (χ0) is 35.5. The molecule has 0 aromatic heterocycles. The van der Waals surface area contributed by atoms with Crippen LogP contribution in [0.2, 0.25) is 56.9 Å². The Labute approximate surface area is 264 Å². The van der Waals surface area contributed by atoms with Crippen LogP contribution in [0.5, 0.6) is 0 Å². The maximum atomic E-state index is 13.6. The van der Waals surface area contributed by atoms with E-state index in [0.717, 1.165) is 32.7 Å². The van der Waals surface area contributed by atoms with Gasteiger partial charge < -0.3 is 16.5 Å². The minimum Gasteiger partial charge on any atom is -0.436 e. The molecule has 0 aliphatic heterocycles. The zero-order valence-corrected chi connectivity index (χ0v) is 31.0. The van der Waals surface area contributed by atoms with Gasteiger partial charge in [0.15, 0.2) is 8.32 Å². The Bertz CT molecular complexity index is 920. The predicted octanol–water partition coefficient (Wildman–Crippen LogP) is 11.1. The summed E-state index contributed by atoms with van der Waals surface area (Å²) < 4.78 is 206. The van der Waals surface area contributed by atoms with Crippen molar-refractivity contribution in [1.29, 1.82) is 0 Å². The molecule has 44 heavy (non-hydrogen) atoms. The Hall–Kier alpha value is 0.814. The molecule has 0 saturated carbocycles. The van der Waals surface area contributed by atoms with Crippen LogP contribution in [0.3, 0.4) is 0 Å². The van der Waals surface area contributed by atoms with Crippen molar-refractivity contribution >= 4 is 73.5 Å². The molecule has 0 amide bonds. The van der Waals surface area contributed by atoms with Gasteiger partial charge in [-0.1, -0.05) is 33.2 Å². The van der Waals surface area contributed by atoms with E-state index >= 15 is 0 Å². The van der Waals surface area contributed by atoms with Crippen molar-refractivity contribution in [3.05, 3.63) is 0 Å². The number of halogens is 17. The molecule has 3 atom stereocenters. The summed E-state index contributed by atoms with van der Waals surface area (Å²) in [5.41, 5.74) is 0. The highest BCUT2D eigenvalue weighted by Crippen LogP contribution is 2.43. The van der Waals surface area contributed by atoms with Crippen LogP contribution in [-0.4, -0.2) is 70.9 Å². The van der Waals surface area contributed by atoms with E-state index in [1.807, 2.05) is 0 Å². The van der Waals surface area contributed by atoms with E-state index in [9.17, 15) is 61.5 Å². The van der Waals surface area contributed by atoms with E-state index < -0.39 is 121 Å². The first-order valence-electron chi connectivity index (χ1n) is 12.4. The quantitative estimate of drug-likeness (QED) is 0.0832. The third-order valence-electron chi connectivity index (χ3n) is 5.73. The fraction of sp³-hybridized carbons (Fsp3) is 1.00. The molecule has 26 heteroatoms. The first-order chi connectivity index (χ1) is 18.9. The fourth-order valence-electron chi connectivity index (χ4n) is 3.87. The SMILES string of the molecule is C[Si](C)(CCC(F)(F)C(F)(F)F)O[Si](C)(CCC(F)(F)F)O[Si](C)(CCC(F)(F)F)O[Si](C)(CCC(F)(F)F)O[Si](Cl)(Cl)Cl. The molecule has 266 valence electrons. The molecule has 0 heterocycles. The van der Waals surface area contributed by atoms with Crippen LogP contribution < -0.4 is 0 Å². The smallest absolute Gasteiger partial charge is 0.436 e. The summed E-state index contributed by atoms with van der Waals surface area (Å²) in [5.74, 6) is -5.19. The second-order valence-corrected chi connectivity index (χ2v) is 34.1. The van der Waals surface area contributed by atoms with Crippen LogP contribution in [0.1, 0.15) is 25.7 Å². The summed E-state index contributed by atoms with van der Waals surface area (Å²) in [6.07, 6.45) is -31.7. The molecular weight excluding hydrogens is 793 g/mol. The van der Waals surface area contributed by atoms with Crippen LogP contribution in [0.25, 0.3) is 0 Å². The molecule has 0 aliphatic carbocycles. The van der Waals surface area contributed by atoms with E-state index in [-0.39, 0.29) is 0 Å². The highest BCUT2D eigenvalue weighted by atomic mass is 35.8. The topological polar surface area (TPSA) is 36.9 Å². The van der Waals surface area contributed by atoms with Gasteiger partial charge in [0, 0.05) is 25.7 Å². The van der Waals surface area contributed by atoms with Crippen LogP contribution in [0.15, 0.2) is 0 Å². The van der Waals surface area contributed by atoms with Gasteiger partial charge in [-0.15, -0.1) is 0 Å². The lowest BCUT2D eigenvalue weighted by molar-refractivity contribution is -0.282. The second-order valence-electron chi connectivity index (χ2n) is 11.1. The fourth-order valence-corrected chi connectivity index (χ4v) is 29.8. The lowest BCUT2D eigenvalue weighted by Crippen LogP contribution is -2.61. The molecule has 0 rings (SSSR count). The van der Waals surface area contributed by atoms with Crippen LogP contribution >= 0.6 is 33.2 Å². The van der Waals surface area contributed by atoms with Crippen molar-refractivity contribution in [2.45, 2.75) is 113 Å². The average Bonchev–Trinajstić information content (AvgIpc) is 2.70. The van der Waals surface area contributed by atoms with Gasteiger partial charge in [0.05, 0.1) is 0 Å². The highest BCUT2D eigenvalue weighted by molar-refractivity contribution is 7.62. The van der Waals surface area contributed by atoms with E-state index in [1.165, 1.54) is 0 Å². The maximum absolute atomic E-state index is 13.6. The molecule has 0 fully saturated rings. The van der Waals surface area contributed by atoms with Gasteiger partial charge in [-0.25, -0.2) is 0 Å². The lowest BCUT2D eigenvalue weighted by atomic mass is 10.2. The van der Waals surface area contributed by atoms with E-state index in [2.05, 4.69) is 0 Å². The van der Waals surface area contributed by atoms with Gasteiger partial charge in [0.2, 0.25) is 0 Å². The van der Waals surface area contributed by atoms with Gasteiger partial charge in [0.1, 0.15) is 0 Å². The van der Waals surface area contributed by atoms with Crippen LogP contribution in [0.4, 0.5) is 61.5 Å². The van der Waals surface area contributed by atoms with Crippen molar-refractivity contribution in [2.24, 2.45) is 0 Å². The standard InChI is InChI=1S/C18H31Cl3F14O4Si5/c1-40(2,10-6-14(22,23)18(33,34)35)36-41(3,11-7-15(24,25)26)37-42(4,12-8-16(27,28)29)38-43(5,39-44(19,20)21)13-9-17(30,31)32/h6-13H2,1-5H3. The second kappa shape index (κ2) is 15.1. The van der Waals surface area contributed by atoms with Crippen LogP contribution in [-0.2, 0) is 16.5 Å². The van der Waals surface area contributed by atoms with Crippen molar-refractivity contribution in [1.82, 2.24) is 0 Å². The molecule has 0 saturated heterocycles. The number of rotatable bonds is 17. The molecule has 0 aliphatic rings. The predicted molar refractivity (Wildman–Crippen MR) is 147 cm³/mol. The molecule has 0 N–H and O–H groups in total. The lowest BCUT2D eigenvalue weighted by Gasteiger charge is -2.45. The summed E-state index contributed by atoms with van der Waals surface area (Å²) in [7, 11) is -17.5. The molecule has 0 bridgehead atoms. The first kappa shape index (κ1) is 44.8. The monoisotopic (exact) mass is 822 g/mol. The molecule has 0 aromatic rings. The van der Waals surface area contributed by atoms with E-state index in [0.29, 0.717) is 0 Å². The normalized spacial score (nSPS) is 19.0. The van der Waals surface area contributed by atoms with Gasteiger partial charge in [-0.3, -0.25) is 0 Å². The average molecular weight is 824 g/mol. The van der Waals surface area contributed by atoms with E-state index in [1.54, 1.807) is 0 Å². The van der Waals surface area contributed by atoms with Gasteiger partial charge >= 0.3 is 62.6 Å². The largest absolute Gasteiger partial charge is 0.485 e. The first-order valence-corrected chi connectivity index (χ1v) is 28.1. The Morgan fingerprint density at radius 1 is 0.432 bits per heavy atom. The van der Waals surface area contributed by atoms with Gasteiger partial charge in [-0.2, -0.15) is 61.5 Å². The molecular formula is C18H31Cl3F14O4Si5. The van der Waals surface area contributed by atoms with Crippen molar-refractivity contribution in [3.8, 4) is 0 Å².